The molecule has 3 rings (SSSR count). The summed E-state index contributed by atoms with van der Waals surface area (Å²) in [5.41, 5.74) is 3.79. The first-order valence-corrected chi connectivity index (χ1v) is 8.36. The third-order valence-electron chi connectivity index (χ3n) is 3.81. The van der Waals surface area contributed by atoms with Crippen molar-refractivity contribution in [2.75, 3.05) is 11.4 Å². The van der Waals surface area contributed by atoms with Crippen LogP contribution in [0.2, 0.25) is 0 Å². The van der Waals surface area contributed by atoms with Crippen LogP contribution in [0.15, 0.2) is 35.4 Å². The van der Waals surface area contributed by atoms with Crippen LogP contribution in [-0.2, 0) is 23.1 Å². The minimum Gasteiger partial charge on any atom is -0.289 e. The number of hydroxylamine groups is 1. The first-order valence-electron chi connectivity index (χ1n) is 7.48. The Kier molecular flexibility index (Phi) is 4.59. The molecular formula is C16H18N4O3S. The number of hydrogen-bond donors (Lipinski definition) is 2. The highest BCUT2D eigenvalue weighted by atomic mass is 32.2. The van der Waals surface area contributed by atoms with E-state index in [0.29, 0.717) is 12.2 Å². The average molecular weight is 346 g/mol. The molecule has 0 aliphatic carbocycles. The van der Waals surface area contributed by atoms with Gasteiger partial charge in [-0.15, -0.1) is 11.8 Å². The number of amides is 2. The Hall–Kier alpha value is -2.32. The summed E-state index contributed by atoms with van der Waals surface area (Å²) in [4.78, 5) is 26.5. The Bertz CT molecular complexity index is 772. The summed E-state index contributed by atoms with van der Waals surface area (Å²) in [6.07, 6.45) is 2.40. The number of carbonyl (C=O) groups is 2. The maximum Gasteiger partial charge on any atom is 0.263 e. The van der Waals surface area contributed by atoms with Gasteiger partial charge in [-0.05, 0) is 18.9 Å². The Balaban J connectivity index is 1.87. The lowest BCUT2D eigenvalue weighted by Gasteiger charge is -2.29. The molecule has 1 unspecified atom stereocenters. The largest absolute Gasteiger partial charge is 0.289 e. The van der Waals surface area contributed by atoms with E-state index in [0.717, 1.165) is 16.0 Å². The van der Waals surface area contributed by atoms with E-state index in [1.165, 1.54) is 16.7 Å². The van der Waals surface area contributed by atoms with E-state index in [2.05, 4.69) is 5.10 Å². The number of anilines is 1. The van der Waals surface area contributed by atoms with E-state index < -0.39 is 5.91 Å². The van der Waals surface area contributed by atoms with Gasteiger partial charge in [0, 0.05) is 13.2 Å². The van der Waals surface area contributed by atoms with Gasteiger partial charge < -0.3 is 0 Å². The molecule has 1 atom stereocenters. The number of nitrogens with zero attached hydrogens (tertiary/aromatic N) is 3. The van der Waals surface area contributed by atoms with Crippen molar-refractivity contribution in [3.8, 4) is 0 Å². The monoisotopic (exact) mass is 346 g/mol. The lowest BCUT2D eigenvalue weighted by atomic mass is 10.1. The van der Waals surface area contributed by atoms with Gasteiger partial charge in [0.1, 0.15) is 6.54 Å². The number of benzene rings is 1. The van der Waals surface area contributed by atoms with Gasteiger partial charge in [-0.25, -0.2) is 5.48 Å². The number of nitrogens with one attached hydrogen (secondary N) is 1. The van der Waals surface area contributed by atoms with Crippen molar-refractivity contribution in [2.45, 2.75) is 23.5 Å². The molecule has 2 heterocycles. The highest BCUT2D eigenvalue weighted by molar-refractivity contribution is 8.01. The van der Waals surface area contributed by atoms with Crippen molar-refractivity contribution in [1.29, 1.82) is 0 Å². The first kappa shape index (κ1) is 16.5. The van der Waals surface area contributed by atoms with E-state index in [-0.39, 0.29) is 17.7 Å². The summed E-state index contributed by atoms with van der Waals surface area (Å²) >= 11 is 1.45. The molecule has 0 spiro atoms. The summed E-state index contributed by atoms with van der Waals surface area (Å²) < 4.78 is 1.61. The van der Waals surface area contributed by atoms with Crippen LogP contribution in [0.5, 0.6) is 0 Å². The summed E-state index contributed by atoms with van der Waals surface area (Å²) in [6.45, 7) is 1.76. The van der Waals surface area contributed by atoms with Crippen LogP contribution in [0.1, 0.15) is 11.1 Å². The fraction of sp³-hybridized carbons (Fsp3) is 0.312. The molecule has 0 saturated heterocycles. The summed E-state index contributed by atoms with van der Waals surface area (Å²) in [6, 6.07) is 8.04. The molecule has 2 N–H and O–H groups in total. The highest BCUT2D eigenvalue weighted by Crippen LogP contribution is 2.39. The predicted molar refractivity (Wildman–Crippen MR) is 90.0 cm³/mol. The van der Waals surface area contributed by atoms with E-state index in [9.17, 15) is 9.59 Å². The second-order valence-corrected chi connectivity index (χ2v) is 6.99. The van der Waals surface area contributed by atoms with Crippen LogP contribution in [-0.4, -0.2) is 38.6 Å². The summed E-state index contributed by atoms with van der Waals surface area (Å²) in [5.74, 6) is -0.382. The van der Waals surface area contributed by atoms with E-state index in [4.69, 9.17) is 5.21 Å². The van der Waals surface area contributed by atoms with Crippen LogP contribution in [0.4, 0.5) is 5.82 Å². The summed E-state index contributed by atoms with van der Waals surface area (Å²) in [5, 5.41) is 12.7. The number of aryl methyl sites for hydroxylation is 2. The molecule has 1 aliphatic heterocycles. The standard InChI is InChI=1S/C16H18N4O3S/c1-10-3-5-11(6-4-10)7-12-16(22)20(9-14(21)18-23)15-13(24-12)8-19(2)17-15/h3-6,8,12,23H,7,9H2,1-2H3,(H,18,21). The Labute approximate surface area is 143 Å². The summed E-state index contributed by atoms with van der Waals surface area (Å²) in [7, 11) is 1.77. The molecule has 8 heteroatoms. The van der Waals surface area contributed by atoms with Crippen molar-refractivity contribution in [1.82, 2.24) is 15.3 Å². The topological polar surface area (TPSA) is 87.5 Å². The molecule has 24 heavy (non-hydrogen) atoms. The molecular weight excluding hydrogens is 328 g/mol. The van der Waals surface area contributed by atoms with Gasteiger partial charge in [-0.1, -0.05) is 29.8 Å². The molecule has 1 aliphatic rings. The van der Waals surface area contributed by atoms with Gasteiger partial charge in [-0.2, -0.15) is 5.10 Å². The van der Waals surface area contributed by atoms with Crippen molar-refractivity contribution < 1.29 is 14.8 Å². The van der Waals surface area contributed by atoms with Gasteiger partial charge in [0.15, 0.2) is 5.82 Å². The zero-order valence-electron chi connectivity index (χ0n) is 13.4. The number of fused-ring (bicyclic) bond motifs is 1. The van der Waals surface area contributed by atoms with Gasteiger partial charge >= 0.3 is 0 Å². The Morgan fingerprint density at radius 2 is 2.08 bits per heavy atom. The van der Waals surface area contributed by atoms with Gasteiger partial charge in [0.05, 0.1) is 10.1 Å². The Morgan fingerprint density at radius 3 is 2.75 bits per heavy atom. The average Bonchev–Trinajstić information content (AvgIpc) is 2.93. The Morgan fingerprint density at radius 1 is 1.38 bits per heavy atom. The van der Waals surface area contributed by atoms with Crippen molar-refractivity contribution in [2.24, 2.45) is 7.05 Å². The van der Waals surface area contributed by atoms with Crippen molar-refractivity contribution in [3.05, 3.63) is 41.6 Å². The van der Waals surface area contributed by atoms with Crippen LogP contribution >= 0.6 is 11.8 Å². The van der Waals surface area contributed by atoms with Gasteiger partial charge in [0.2, 0.25) is 5.91 Å². The molecule has 1 aromatic heterocycles. The number of rotatable bonds is 4. The molecule has 1 aromatic carbocycles. The molecule has 0 saturated carbocycles. The smallest absolute Gasteiger partial charge is 0.263 e. The number of hydrogen-bond acceptors (Lipinski definition) is 5. The number of carbonyl (C=O) groups excluding carboxylic acids is 2. The zero-order chi connectivity index (χ0) is 17.3. The zero-order valence-corrected chi connectivity index (χ0v) is 14.2. The maximum absolute atomic E-state index is 12.8. The van der Waals surface area contributed by atoms with Crippen LogP contribution < -0.4 is 10.4 Å². The normalized spacial score (nSPS) is 16.9. The fourth-order valence-corrected chi connectivity index (χ4v) is 3.89. The molecule has 0 bridgehead atoms. The predicted octanol–water partition coefficient (Wildman–Crippen LogP) is 1.28. The lowest BCUT2D eigenvalue weighted by Crippen LogP contribution is -2.46. The SMILES string of the molecule is Cc1ccc(CC2Sc3cn(C)nc3N(CC(=O)NO)C2=O)cc1. The third kappa shape index (κ3) is 3.29. The first-order chi connectivity index (χ1) is 11.5. The maximum atomic E-state index is 12.8. The number of thioether (sulfide) groups is 1. The highest BCUT2D eigenvalue weighted by Gasteiger charge is 2.36. The van der Waals surface area contributed by atoms with Gasteiger partial charge in [0.25, 0.3) is 5.91 Å². The second kappa shape index (κ2) is 6.66. The molecule has 2 aromatic rings. The van der Waals surface area contributed by atoms with E-state index >= 15 is 0 Å². The molecule has 126 valence electrons. The number of aromatic nitrogens is 2. The molecule has 0 fully saturated rings. The second-order valence-electron chi connectivity index (χ2n) is 5.75. The minimum atomic E-state index is -0.652. The fourth-order valence-electron chi connectivity index (χ4n) is 2.61. The van der Waals surface area contributed by atoms with Gasteiger partial charge in [-0.3, -0.25) is 24.4 Å². The van der Waals surface area contributed by atoms with Crippen molar-refractivity contribution in [3.63, 3.8) is 0 Å². The van der Waals surface area contributed by atoms with Crippen LogP contribution in [0.3, 0.4) is 0 Å². The quantitative estimate of drug-likeness (QED) is 0.643. The lowest BCUT2D eigenvalue weighted by molar-refractivity contribution is -0.129. The van der Waals surface area contributed by atoms with E-state index in [1.54, 1.807) is 17.2 Å². The third-order valence-corrected chi connectivity index (χ3v) is 5.01. The van der Waals surface area contributed by atoms with Crippen LogP contribution in [0, 0.1) is 6.92 Å². The molecule has 7 nitrogen and oxygen atoms in total. The van der Waals surface area contributed by atoms with E-state index in [1.807, 2.05) is 37.4 Å². The molecule has 0 radical (unpaired) electrons. The van der Waals surface area contributed by atoms with Crippen molar-refractivity contribution >= 4 is 29.4 Å². The molecule has 2 amide bonds. The van der Waals surface area contributed by atoms with Crippen LogP contribution in [0.25, 0.3) is 0 Å². The minimum absolute atomic E-state index is 0.185.